The number of likely N-dealkylation sites (tertiary alicyclic amines) is 1. The van der Waals surface area contributed by atoms with Crippen LogP contribution in [0.3, 0.4) is 0 Å². The lowest BCUT2D eigenvalue weighted by Crippen LogP contribution is -2.48. The van der Waals surface area contributed by atoms with Gasteiger partial charge in [-0.05, 0) is 37.0 Å². The number of hydrogen-bond acceptors (Lipinski definition) is 7. The molecule has 8 nitrogen and oxygen atoms in total. The largest absolute Gasteiger partial charge is 0.381 e. The number of carbonyl (C=O) groups is 1. The van der Waals surface area contributed by atoms with Crippen LogP contribution in [0.5, 0.6) is 0 Å². The fourth-order valence-electron chi connectivity index (χ4n) is 3.57. The number of rotatable bonds is 7. The molecule has 29 heavy (non-hydrogen) atoms. The van der Waals surface area contributed by atoms with Crippen LogP contribution in [0.1, 0.15) is 46.4 Å². The van der Waals surface area contributed by atoms with Gasteiger partial charge in [-0.15, -0.1) is 0 Å². The van der Waals surface area contributed by atoms with Crippen LogP contribution in [0.25, 0.3) is 0 Å². The summed E-state index contributed by atoms with van der Waals surface area (Å²) in [4.78, 5) is 18.7. The lowest BCUT2D eigenvalue weighted by Gasteiger charge is -2.37. The molecule has 1 aromatic heterocycles. The van der Waals surface area contributed by atoms with Crippen molar-refractivity contribution in [3.63, 3.8) is 0 Å². The van der Waals surface area contributed by atoms with Gasteiger partial charge in [0.15, 0.2) is 5.82 Å². The predicted octanol–water partition coefficient (Wildman–Crippen LogP) is 2.17. The molecule has 2 aliphatic heterocycles. The smallest absolute Gasteiger partial charge is 0.253 e. The molecule has 1 amide bonds. The highest BCUT2D eigenvalue weighted by atomic mass is 16.5. The normalized spacial score (nSPS) is 17.7. The Morgan fingerprint density at radius 3 is 2.93 bits per heavy atom. The third-order valence-electron chi connectivity index (χ3n) is 5.40. The van der Waals surface area contributed by atoms with E-state index in [9.17, 15) is 4.79 Å². The molecule has 0 unspecified atom stereocenters. The van der Waals surface area contributed by atoms with Gasteiger partial charge >= 0.3 is 0 Å². The Labute approximate surface area is 169 Å². The van der Waals surface area contributed by atoms with Crippen LogP contribution in [-0.2, 0) is 15.9 Å². The van der Waals surface area contributed by atoms with Gasteiger partial charge in [0.05, 0.1) is 24.2 Å². The van der Waals surface area contributed by atoms with E-state index in [2.05, 4.69) is 16.2 Å². The van der Waals surface area contributed by atoms with Crippen molar-refractivity contribution in [2.24, 2.45) is 5.92 Å². The first-order valence-corrected chi connectivity index (χ1v) is 10.0. The zero-order valence-corrected chi connectivity index (χ0v) is 16.2. The van der Waals surface area contributed by atoms with Crippen LogP contribution < -0.4 is 0 Å². The van der Waals surface area contributed by atoms with Crippen molar-refractivity contribution >= 4 is 5.91 Å². The highest BCUT2D eigenvalue weighted by Crippen LogP contribution is 2.27. The highest BCUT2D eigenvalue weighted by molar-refractivity contribution is 5.95. The van der Waals surface area contributed by atoms with Gasteiger partial charge in [-0.25, -0.2) is 0 Å². The topological polar surface area (TPSA) is 101 Å². The second-order valence-corrected chi connectivity index (χ2v) is 7.53. The average Bonchev–Trinajstić information content (AvgIpc) is 3.19. The van der Waals surface area contributed by atoms with E-state index in [4.69, 9.17) is 19.3 Å². The summed E-state index contributed by atoms with van der Waals surface area (Å²) in [6, 6.07) is 8.79. The first-order valence-electron chi connectivity index (χ1n) is 10.0. The molecule has 2 saturated heterocycles. The molecule has 0 atom stereocenters. The Morgan fingerprint density at radius 1 is 1.31 bits per heavy atom. The molecule has 2 aliphatic rings. The lowest BCUT2D eigenvalue weighted by atomic mass is 9.98. The summed E-state index contributed by atoms with van der Waals surface area (Å²) in [5.41, 5.74) is 1.00. The van der Waals surface area contributed by atoms with Gasteiger partial charge in [0, 0.05) is 44.9 Å². The molecular weight excluding hydrogens is 372 g/mol. The van der Waals surface area contributed by atoms with Crippen LogP contribution in [0.4, 0.5) is 0 Å². The number of hydrogen-bond donors (Lipinski definition) is 0. The van der Waals surface area contributed by atoms with Crippen molar-refractivity contribution in [2.75, 3.05) is 39.5 Å². The van der Waals surface area contributed by atoms with Crippen molar-refractivity contribution in [1.29, 1.82) is 5.26 Å². The zero-order chi connectivity index (χ0) is 20.1. The van der Waals surface area contributed by atoms with Gasteiger partial charge in [0.1, 0.15) is 0 Å². The highest BCUT2D eigenvalue weighted by Gasteiger charge is 2.36. The molecule has 0 bridgehead atoms. The number of amides is 1. The molecule has 2 aromatic rings. The molecule has 152 valence electrons. The molecule has 0 N–H and O–H groups in total. The molecular formula is C21H24N4O4. The van der Waals surface area contributed by atoms with Crippen molar-refractivity contribution in [1.82, 2.24) is 15.0 Å². The van der Waals surface area contributed by atoms with Crippen molar-refractivity contribution < 1.29 is 18.8 Å². The summed E-state index contributed by atoms with van der Waals surface area (Å²) in [7, 11) is 0. The van der Waals surface area contributed by atoms with Crippen LogP contribution >= 0.6 is 0 Å². The first kappa shape index (κ1) is 19.6. The minimum absolute atomic E-state index is 0.0579. The number of benzene rings is 1. The number of carbonyl (C=O) groups excluding carboxylic acids is 1. The first-order chi connectivity index (χ1) is 14.2. The van der Waals surface area contributed by atoms with E-state index in [1.165, 1.54) is 0 Å². The van der Waals surface area contributed by atoms with E-state index in [0.29, 0.717) is 54.9 Å². The Hall–Kier alpha value is -2.76. The average molecular weight is 396 g/mol. The third-order valence-corrected chi connectivity index (χ3v) is 5.40. The number of nitrogens with zero attached hydrogens (tertiary/aromatic N) is 4. The molecule has 0 radical (unpaired) electrons. The summed E-state index contributed by atoms with van der Waals surface area (Å²) < 4.78 is 16.5. The number of ether oxygens (including phenoxy) is 2. The molecule has 8 heteroatoms. The Bertz CT molecular complexity index is 879. The fraction of sp³-hybridized carbons (Fsp3) is 0.524. The van der Waals surface area contributed by atoms with Crippen LogP contribution in [0.2, 0.25) is 0 Å². The molecule has 1 aromatic carbocycles. The maximum Gasteiger partial charge on any atom is 0.253 e. The Balaban J connectivity index is 1.20. The Morgan fingerprint density at radius 2 is 2.14 bits per heavy atom. The maximum absolute atomic E-state index is 12.5. The number of nitriles is 1. The summed E-state index contributed by atoms with van der Waals surface area (Å²) in [6.07, 6.45) is 2.73. The van der Waals surface area contributed by atoms with Gasteiger partial charge in [-0.3, -0.25) is 4.79 Å². The second kappa shape index (κ2) is 9.16. The fourth-order valence-corrected chi connectivity index (χ4v) is 3.57. The van der Waals surface area contributed by atoms with E-state index in [-0.39, 0.29) is 11.8 Å². The molecule has 0 aliphatic carbocycles. The van der Waals surface area contributed by atoms with Crippen LogP contribution in [0, 0.1) is 17.2 Å². The van der Waals surface area contributed by atoms with E-state index >= 15 is 0 Å². The molecule has 3 heterocycles. The van der Waals surface area contributed by atoms with E-state index in [1.54, 1.807) is 29.2 Å². The molecule has 0 spiro atoms. The van der Waals surface area contributed by atoms with E-state index in [1.807, 2.05) is 0 Å². The standard InChI is InChI=1S/C21H24N4O4/c22-11-16-2-1-3-17(10-16)21(26)25-12-18(13-25)20-23-19(24-29-20)6-9-28-14-15-4-7-27-8-5-15/h1-3,10,15,18H,4-9,12-14H2. The molecule has 4 rings (SSSR count). The SMILES string of the molecule is N#Cc1cccc(C(=O)N2CC(c3nc(CCOCC4CCOCC4)no3)C2)c1. The third kappa shape index (κ3) is 4.81. The molecule has 0 saturated carbocycles. The van der Waals surface area contributed by atoms with Gasteiger partial charge < -0.3 is 18.9 Å². The summed E-state index contributed by atoms with van der Waals surface area (Å²) in [6.45, 7) is 4.05. The minimum atomic E-state index is -0.0837. The Kier molecular flexibility index (Phi) is 6.17. The van der Waals surface area contributed by atoms with Crippen molar-refractivity contribution in [3.05, 3.63) is 47.1 Å². The minimum Gasteiger partial charge on any atom is -0.381 e. The summed E-state index contributed by atoms with van der Waals surface area (Å²) in [5.74, 6) is 1.76. The van der Waals surface area contributed by atoms with Crippen molar-refractivity contribution in [3.8, 4) is 6.07 Å². The number of aromatic nitrogens is 2. The summed E-state index contributed by atoms with van der Waals surface area (Å²) >= 11 is 0. The van der Waals surface area contributed by atoms with Crippen LogP contribution in [0.15, 0.2) is 28.8 Å². The van der Waals surface area contributed by atoms with Gasteiger partial charge in [-0.2, -0.15) is 10.2 Å². The molecule has 2 fully saturated rings. The second-order valence-electron chi connectivity index (χ2n) is 7.53. The van der Waals surface area contributed by atoms with Gasteiger partial charge in [-0.1, -0.05) is 11.2 Å². The monoisotopic (exact) mass is 396 g/mol. The zero-order valence-electron chi connectivity index (χ0n) is 16.2. The summed E-state index contributed by atoms with van der Waals surface area (Å²) in [5, 5.41) is 13.0. The maximum atomic E-state index is 12.5. The van der Waals surface area contributed by atoms with Gasteiger partial charge in [0.25, 0.3) is 5.91 Å². The van der Waals surface area contributed by atoms with E-state index < -0.39 is 0 Å². The van der Waals surface area contributed by atoms with Crippen LogP contribution in [-0.4, -0.2) is 60.5 Å². The van der Waals surface area contributed by atoms with Crippen molar-refractivity contribution in [2.45, 2.75) is 25.2 Å². The predicted molar refractivity (Wildman–Crippen MR) is 102 cm³/mol. The van der Waals surface area contributed by atoms with Gasteiger partial charge in [0.2, 0.25) is 5.89 Å². The quantitative estimate of drug-likeness (QED) is 0.661. The lowest BCUT2D eigenvalue weighted by molar-refractivity contribution is 0.0211. The van der Waals surface area contributed by atoms with E-state index in [0.717, 1.165) is 32.7 Å².